The average Bonchev–Trinajstić information content (AvgIpc) is 1.91. The maximum atomic E-state index is 5.44. The second-order valence-corrected chi connectivity index (χ2v) is 2.88. The molecule has 0 amide bonds. The Morgan fingerprint density at radius 1 is 1.67 bits per heavy atom. The fraction of sp³-hybridized carbons (Fsp3) is 0.200. The first-order valence-corrected chi connectivity index (χ1v) is 3.90. The number of thioether (sulfide) groups is 1. The highest BCUT2D eigenvalue weighted by Gasteiger charge is 1.88. The van der Waals surface area contributed by atoms with Crippen molar-refractivity contribution in [3.8, 4) is 0 Å². The van der Waals surface area contributed by atoms with Crippen LogP contribution in [0, 0.1) is 0 Å². The normalized spacial score (nSPS) is 9.44. The van der Waals surface area contributed by atoms with Crippen molar-refractivity contribution in [3.05, 3.63) is 18.6 Å². The molecule has 1 rings (SSSR count). The van der Waals surface area contributed by atoms with E-state index in [4.69, 9.17) is 11.6 Å². The van der Waals surface area contributed by atoms with E-state index in [0.29, 0.717) is 5.21 Å². The van der Waals surface area contributed by atoms with E-state index in [2.05, 4.69) is 9.97 Å². The standard InChI is InChI=1S/C5H5ClN2S/c6-3-9-5-1-2-7-4-8-5/h1-2,4H,3H2. The average molecular weight is 161 g/mol. The van der Waals surface area contributed by atoms with Gasteiger partial charge in [0.05, 0.1) is 5.21 Å². The molecule has 9 heavy (non-hydrogen) atoms. The Kier molecular flexibility index (Phi) is 2.80. The smallest absolute Gasteiger partial charge is 0.116 e. The topological polar surface area (TPSA) is 25.8 Å². The lowest BCUT2D eigenvalue weighted by atomic mass is 10.7. The molecule has 0 unspecified atom stereocenters. The first-order valence-electron chi connectivity index (χ1n) is 2.38. The van der Waals surface area contributed by atoms with Crippen molar-refractivity contribution in [3.63, 3.8) is 0 Å². The Labute approximate surface area is 62.7 Å². The molecule has 1 heterocycles. The Balaban J connectivity index is 2.61. The molecular weight excluding hydrogens is 156 g/mol. The molecule has 0 aromatic carbocycles. The minimum atomic E-state index is 0.539. The summed E-state index contributed by atoms with van der Waals surface area (Å²) in [7, 11) is 0. The highest BCUT2D eigenvalue weighted by molar-refractivity contribution is 8.00. The minimum Gasteiger partial charge on any atom is -0.245 e. The Bertz CT molecular complexity index is 168. The molecule has 0 atom stereocenters. The van der Waals surface area contributed by atoms with Gasteiger partial charge in [0, 0.05) is 6.20 Å². The quantitative estimate of drug-likeness (QED) is 0.375. The predicted octanol–water partition coefficient (Wildman–Crippen LogP) is 1.76. The van der Waals surface area contributed by atoms with Crippen molar-refractivity contribution in [2.75, 3.05) is 5.21 Å². The van der Waals surface area contributed by atoms with Crippen LogP contribution in [0.1, 0.15) is 0 Å². The monoisotopic (exact) mass is 160 g/mol. The van der Waals surface area contributed by atoms with E-state index < -0.39 is 0 Å². The minimum absolute atomic E-state index is 0.539. The van der Waals surface area contributed by atoms with E-state index in [9.17, 15) is 0 Å². The van der Waals surface area contributed by atoms with Gasteiger partial charge in [-0.3, -0.25) is 0 Å². The van der Waals surface area contributed by atoms with Crippen molar-refractivity contribution in [1.29, 1.82) is 0 Å². The fourth-order valence-electron chi connectivity index (χ4n) is 0.420. The van der Waals surface area contributed by atoms with Crippen LogP contribution in [-0.2, 0) is 0 Å². The van der Waals surface area contributed by atoms with E-state index in [-0.39, 0.29) is 0 Å². The summed E-state index contributed by atoms with van der Waals surface area (Å²) >= 11 is 6.93. The second kappa shape index (κ2) is 3.69. The summed E-state index contributed by atoms with van der Waals surface area (Å²) in [4.78, 5) is 7.70. The zero-order valence-corrected chi connectivity index (χ0v) is 6.19. The molecule has 1 aromatic heterocycles. The summed E-state index contributed by atoms with van der Waals surface area (Å²) in [5.41, 5.74) is 0. The summed E-state index contributed by atoms with van der Waals surface area (Å²) in [6.45, 7) is 0. The lowest BCUT2D eigenvalue weighted by Gasteiger charge is -1.90. The van der Waals surface area contributed by atoms with Gasteiger partial charge in [0.15, 0.2) is 0 Å². The van der Waals surface area contributed by atoms with Crippen LogP contribution in [0.25, 0.3) is 0 Å². The summed E-state index contributed by atoms with van der Waals surface area (Å²) in [5.74, 6) is 0. The van der Waals surface area contributed by atoms with Crippen LogP contribution in [0.4, 0.5) is 0 Å². The fourth-order valence-corrected chi connectivity index (χ4v) is 1.15. The van der Waals surface area contributed by atoms with Crippen molar-refractivity contribution in [2.24, 2.45) is 0 Å². The molecular formula is C5H5ClN2S. The predicted molar refractivity (Wildman–Crippen MR) is 38.6 cm³/mol. The van der Waals surface area contributed by atoms with Gasteiger partial charge in [0.1, 0.15) is 11.4 Å². The molecule has 0 N–H and O–H groups in total. The van der Waals surface area contributed by atoms with Crippen molar-refractivity contribution in [2.45, 2.75) is 5.03 Å². The summed E-state index contributed by atoms with van der Waals surface area (Å²) < 4.78 is 0. The van der Waals surface area contributed by atoms with Crippen molar-refractivity contribution < 1.29 is 0 Å². The first kappa shape index (κ1) is 6.83. The Morgan fingerprint density at radius 3 is 3.11 bits per heavy atom. The molecule has 2 nitrogen and oxygen atoms in total. The Morgan fingerprint density at radius 2 is 2.56 bits per heavy atom. The van der Waals surface area contributed by atoms with Gasteiger partial charge in [0.25, 0.3) is 0 Å². The molecule has 0 spiro atoms. The van der Waals surface area contributed by atoms with Crippen LogP contribution < -0.4 is 0 Å². The number of aromatic nitrogens is 2. The first-order chi connectivity index (χ1) is 4.43. The highest BCUT2D eigenvalue weighted by Crippen LogP contribution is 2.13. The number of hydrogen-bond donors (Lipinski definition) is 0. The van der Waals surface area contributed by atoms with Gasteiger partial charge in [-0.25, -0.2) is 9.97 Å². The third-order valence-corrected chi connectivity index (χ3v) is 1.73. The van der Waals surface area contributed by atoms with Gasteiger partial charge in [-0.1, -0.05) is 11.8 Å². The van der Waals surface area contributed by atoms with Crippen LogP contribution in [0.3, 0.4) is 0 Å². The van der Waals surface area contributed by atoms with Crippen molar-refractivity contribution in [1.82, 2.24) is 9.97 Å². The zero-order valence-electron chi connectivity index (χ0n) is 4.62. The van der Waals surface area contributed by atoms with Gasteiger partial charge in [-0.05, 0) is 6.07 Å². The number of halogens is 1. The molecule has 1 aromatic rings. The van der Waals surface area contributed by atoms with Gasteiger partial charge in [0.2, 0.25) is 0 Å². The molecule has 4 heteroatoms. The van der Waals surface area contributed by atoms with Gasteiger partial charge < -0.3 is 0 Å². The number of rotatable bonds is 2. The number of nitrogens with zero attached hydrogens (tertiary/aromatic N) is 2. The van der Waals surface area contributed by atoms with Gasteiger partial charge in [-0.2, -0.15) is 0 Å². The van der Waals surface area contributed by atoms with Crippen LogP contribution >= 0.6 is 23.4 Å². The molecule has 0 fully saturated rings. The van der Waals surface area contributed by atoms with E-state index >= 15 is 0 Å². The molecule has 0 aliphatic carbocycles. The van der Waals surface area contributed by atoms with Crippen molar-refractivity contribution >= 4 is 23.4 Å². The van der Waals surface area contributed by atoms with Crippen LogP contribution in [0.5, 0.6) is 0 Å². The lowest BCUT2D eigenvalue weighted by molar-refractivity contribution is 1.05. The van der Waals surface area contributed by atoms with E-state index in [1.807, 2.05) is 6.07 Å². The summed E-state index contributed by atoms with van der Waals surface area (Å²) in [6, 6.07) is 1.83. The number of hydrogen-bond acceptors (Lipinski definition) is 3. The third-order valence-electron chi connectivity index (χ3n) is 0.757. The molecule has 0 saturated heterocycles. The second-order valence-electron chi connectivity index (χ2n) is 1.30. The van der Waals surface area contributed by atoms with Crippen LogP contribution in [0.15, 0.2) is 23.6 Å². The summed E-state index contributed by atoms with van der Waals surface area (Å²) in [6.07, 6.45) is 3.21. The number of alkyl halides is 1. The molecule has 0 radical (unpaired) electrons. The highest BCUT2D eigenvalue weighted by atomic mass is 35.5. The molecule has 0 aliphatic heterocycles. The molecule has 0 saturated carbocycles. The van der Waals surface area contributed by atoms with Crippen LogP contribution in [-0.4, -0.2) is 15.2 Å². The van der Waals surface area contributed by atoms with Gasteiger partial charge >= 0.3 is 0 Å². The maximum Gasteiger partial charge on any atom is 0.116 e. The Hall–Kier alpha value is -0.280. The molecule has 0 aliphatic rings. The summed E-state index contributed by atoms with van der Waals surface area (Å²) in [5, 5.41) is 1.46. The maximum absolute atomic E-state index is 5.44. The third kappa shape index (κ3) is 2.20. The van der Waals surface area contributed by atoms with E-state index in [0.717, 1.165) is 5.03 Å². The molecule has 0 bridgehead atoms. The van der Waals surface area contributed by atoms with Crippen LogP contribution in [0.2, 0.25) is 0 Å². The molecule has 48 valence electrons. The van der Waals surface area contributed by atoms with E-state index in [1.165, 1.54) is 18.1 Å². The lowest BCUT2D eigenvalue weighted by Crippen LogP contribution is -1.78. The largest absolute Gasteiger partial charge is 0.245 e. The SMILES string of the molecule is ClCSc1ccncn1. The zero-order chi connectivity index (χ0) is 6.53. The van der Waals surface area contributed by atoms with E-state index in [1.54, 1.807) is 6.20 Å². The van der Waals surface area contributed by atoms with Gasteiger partial charge in [-0.15, -0.1) is 11.6 Å².